The van der Waals surface area contributed by atoms with E-state index in [9.17, 15) is 0 Å². The van der Waals surface area contributed by atoms with Crippen LogP contribution in [0.15, 0.2) is 58.6 Å². The molecule has 3 rings (SSSR count). The molecule has 1 atom stereocenters. The number of hydrogen-bond donors (Lipinski definition) is 2. The second kappa shape index (κ2) is 8.29. The van der Waals surface area contributed by atoms with E-state index in [1.54, 1.807) is 18.0 Å². The Morgan fingerprint density at radius 2 is 2.13 bits per heavy atom. The number of hydrogen-bond acceptors (Lipinski definition) is 4. The van der Waals surface area contributed by atoms with Gasteiger partial charge >= 0.3 is 0 Å². The largest absolute Gasteiger partial charge is 0.376 e. The van der Waals surface area contributed by atoms with Gasteiger partial charge in [0.05, 0.1) is 18.0 Å². The highest BCUT2D eigenvalue weighted by molar-refractivity contribution is 7.99. The maximum Gasteiger partial charge on any atom is 0.170 e. The summed E-state index contributed by atoms with van der Waals surface area (Å²) in [5.41, 5.74) is 0.882. The van der Waals surface area contributed by atoms with Gasteiger partial charge in [0.15, 0.2) is 5.11 Å². The van der Waals surface area contributed by atoms with Gasteiger partial charge in [-0.15, -0.1) is 0 Å². The average Bonchev–Trinajstić information content (AvgIpc) is 3.09. The van der Waals surface area contributed by atoms with Crippen molar-refractivity contribution >= 4 is 34.8 Å². The first kappa shape index (κ1) is 16.2. The van der Waals surface area contributed by atoms with Crippen molar-refractivity contribution in [1.82, 2.24) is 10.3 Å². The average molecular weight is 345 g/mol. The van der Waals surface area contributed by atoms with E-state index < -0.39 is 0 Å². The van der Waals surface area contributed by atoms with Crippen molar-refractivity contribution in [2.75, 3.05) is 18.5 Å². The SMILES string of the molecule is S=C(NC[C@@H]1CCCO1)Nc1ccc(Sc2ccccc2)nc1. The summed E-state index contributed by atoms with van der Waals surface area (Å²) in [5, 5.41) is 7.90. The summed E-state index contributed by atoms with van der Waals surface area (Å²) in [6.07, 6.45) is 4.31. The van der Waals surface area contributed by atoms with Crippen molar-refractivity contribution < 1.29 is 4.74 Å². The lowest BCUT2D eigenvalue weighted by atomic mass is 10.2. The number of anilines is 1. The molecule has 1 fully saturated rings. The zero-order valence-electron chi connectivity index (χ0n) is 12.7. The molecule has 2 aromatic rings. The highest BCUT2D eigenvalue weighted by atomic mass is 32.2. The maximum atomic E-state index is 5.56. The first-order chi connectivity index (χ1) is 11.3. The van der Waals surface area contributed by atoms with E-state index in [4.69, 9.17) is 17.0 Å². The normalized spacial score (nSPS) is 17.0. The zero-order chi connectivity index (χ0) is 15.9. The zero-order valence-corrected chi connectivity index (χ0v) is 14.3. The van der Waals surface area contributed by atoms with Crippen molar-refractivity contribution in [2.45, 2.75) is 28.9 Å². The Hall–Kier alpha value is -1.63. The molecule has 1 aromatic heterocycles. The van der Waals surface area contributed by atoms with Crippen molar-refractivity contribution in [3.05, 3.63) is 48.7 Å². The fourth-order valence-corrected chi connectivity index (χ4v) is 3.29. The first-order valence-corrected chi connectivity index (χ1v) is 8.87. The van der Waals surface area contributed by atoms with E-state index >= 15 is 0 Å². The molecule has 0 spiro atoms. The minimum atomic E-state index is 0.275. The van der Waals surface area contributed by atoms with E-state index in [1.807, 2.05) is 30.3 Å². The molecule has 2 N–H and O–H groups in total. The third-order valence-electron chi connectivity index (χ3n) is 3.47. The molecule has 120 valence electrons. The van der Waals surface area contributed by atoms with Crippen LogP contribution in [-0.4, -0.2) is 29.4 Å². The molecule has 1 aliphatic rings. The topological polar surface area (TPSA) is 46.2 Å². The molecule has 6 heteroatoms. The molecule has 1 aliphatic heterocycles. The van der Waals surface area contributed by atoms with Crippen LogP contribution in [-0.2, 0) is 4.74 Å². The van der Waals surface area contributed by atoms with Gasteiger partial charge in [0.1, 0.15) is 5.03 Å². The minimum Gasteiger partial charge on any atom is -0.376 e. The molecular weight excluding hydrogens is 326 g/mol. The van der Waals surface area contributed by atoms with Crippen molar-refractivity contribution in [1.29, 1.82) is 0 Å². The Balaban J connectivity index is 1.47. The minimum absolute atomic E-state index is 0.275. The lowest BCUT2D eigenvalue weighted by Crippen LogP contribution is -2.34. The van der Waals surface area contributed by atoms with Crippen LogP contribution >= 0.6 is 24.0 Å². The quantitative estimate of drug-likeness (QED) is 0.806. The number of ether oxygens (including phenoxy) is 1. The van der Waals surface area contributed by atoms with Crippen LogP contribution in [0.3, 0.4) is 0 Å². The van der Waals surface area contributed by atoms with Crippen LogP contribution in [0.4, 0.5) is 5.69 Å². The number of nitrogens with zero attached hydrogens (tertiary/aromatic N) is 1. The number of rotatable bonds is 5. The van der Waals surface area contributed by atoms with Crippen molar-refractivity contribution in [2.24, 2.45) is 0 Å². The predicted molar refractivity (Wildman–Crippen MR) is 98.0 cm³/mol. The van der Waals surface area contributed by atoms with Gasteiger partial charge < -0.3 is 15.4 Å². The van der Waals surface area contributed by atoms with Crippen molar-refractivity contribution in [3.63, 3.8) is 0 Å². The molecule has 23 heavy (non-hydrogen) atoms. The Morgan fingerprint density at radius 3 is 2.83 bits per heavy atom. The molecule has 1 aromatic carbocycles. The van der Waals surface area contributed by atoms with Crippen LogP contribution in [0.1, 0.15) is 12.8 Å². The molecule has 1 saturated heterocycles. The van der Waals surface area contributed by atoms with E-state index in [0.29, 0.717) is 5.11 Å². The van der Waals surface area contributed by atoms with Gasteiger partial charge in [-0.3, -0.25) is 0 Å². The lowest BCUT2D eigenvalue weighted by Gasteiger charge is -2.14. The Bertz CT molecular complexity index is 628. The van der Waals surface area contributed by atoms with Gasteiger partial charge in [-0.05, 0) is 49.3 Å². The van der Waals surface area contributed by atoms with Crippen LogP contribution in [0.5, 0.6) is 0 Å². The third kappa shape index (κ3) is 5.20. The summed E-state index contributed by atoms with van der Waals surface area (Å²) in [6.45, 7) is 1.61. The molecule has 0 saturated carbocycles. The summed E-state index contributed by atoms with van der Waals surface area (Å²) in [6, 6.07) is 14.2. The number of nitrogens with one attached hydrogen (secondary N) is 2. The van der Waals surface area contributed by atoms with Crippen LogP contribution < -0.4 is 10.6 Å². The Labute approximate surface area is 146 Å². The fourth-order valence-electron chi connectivity index (χ4n) is 2.31. The lowest BCUT2D eigenvalue weighted by molar-refractivity contribution is 0.114. The third-order valence-corrected chi connectivity index (χ3v) is 4.68. The highest BCUT2D eigenvalue weighted by Gasteiger charge is 2.15. The molecule has 0 radical (unpaired) electrons. The summed E-state index contributed by atoms with van der Waals surface area (Å²) >= 11 is 6.94. The van der Waals surface area contributed by atoms with Crippen LogP contribution in [0.2, 0.25) is 0 Å². The molecule has 4 nitrogen and oxygen atoms in total. The van der Waals surface area contributed by atoms with Gasteiger partial charge in [0.25, 0.3) is 0 Å². The first-order valence-electron chi connectivity index (χ1n) is 7.65. The van der Waals surface area contributed by atoms with Gasteiger partial charge in [-0.1, -0.05) is 30.0 Å². The van der Waals surface area contributed by atoms with Crippen molar-refractivity contribution in [3.8, 4) is 0 Å². The standard InChI is InChI=1S/C17H19N3OS2/c22-17(19-12-14-5-4-10-21-14)20-13-8-9-16(18-11-13)23-15-6-2-1-3-7-15/h1-3,6-9,11,14H,4-5,10,12H2,(H2,19,20,22)/t14-/m0/s1. The molecule has 0 amide bonds. The van der Waals surface area contributed by atoms with E-state index in [2.05, 4.69) is 27.8 Å². The molecule has 0 aliphatic carbocycles. The van der Waals surface area contributed by atoms with E-state index in [-0.39, 0.29) is 6.10 Å². The molecule has 0 unspecified atom stereocenters. The predicted octanol–water partition coefficient (Wildman–Crippen LogP) is 3.70. The Kier molecular flexibility index (Phi) is 5.85. The monoisotopic (exact) mass is 345 g/mol. The molecule has 2 heterocycles. The van der Waals surface area contributed by atoms with Gasteiger partial charge in [-0.2, -0.15) is 0 Å². The number of benzene rings is 1. The van der Waals surface area contributed by atoms with Gasteiger partial charge in [0.2, 0.25) is 0 Å². The maximum absolute atomic E-state index is 5.56. The van der Waals surface area contributed by atoms with Gasteiger partial charge in [0, 0.05) is 18.0 Å². The highest BCUT2D eigenvalue weighted by Crippen LogP contribution is 2.25. The van der Waals surface area contributed by atoms with Crippen LogP contribution in [0.25, 0.3) is 0 Å². The van der Waals surface area contributed by atoms with Crippen LogP contribution in [0, 0.1) is 0 Å². The number of pyridine rings is 1. The fraction of sp³-hybridized carbons (Fsp3) is 0.294. The number of aromatic nitrogens is 1. The van der Waals surface area contributed by atoms with E-state index in [1.165, 1.54) is 4.90 Å². The second-order valence-corrected chi connectivity index (χ2v) is 6.77. The summed E-state index contributed by atoms with van der Waals surface area (Å²) in [7, 11) is 0. The summed E-state index contributed by atoms with van der Waals surface area (Å²) in [4.78, 5) is 5.63. The second-order valence-electron chi connectivity index (χ2n) is 5.27. The summed E-state index contributed by atoms with van der Waals surface area (Å²) < 4.78 is 5.56. The van der Waals surface area contributed by atoms with Gasteiger partial charge in [-0.25, -0.2) is 4.98 Å². The smallest absolute Gasteiger partial charge is 0.170 e. The Morgan fingerprint density at radius 1 is 1.26 bits per heavy atom. The number of thiocarbonyl (C=S) groups is 1. The molecule has 0 bridgehead atoms. The van der Waals surface area contributed by atoms with E-state index in [0.717, 1.165) is 36.7 Å². The molecular formula is C17H19N3OS2. The summed E-state index contributed by atoms with van der Waals surface area (Å²) in [5.74, 6) is 0.